The van der Waals surface area contributed by atoms with E-state index in [9.17, 15) is 4.79 Å². The summed E-state index contributed by atoms with van der Waals surface area (Å²) in [5.74, 6) is 1.75. The smallest absolute Gasteiger partial charge is 0.319 e. The third-order valence-electron chi connectivity index (χ3n) is 3.55. The number of carbonyl (C=O) groups is 1. The van der Waals surface area contributed by atoms with Gasteiger partial charge >= 0.3 is 6.03 Å². The summed E-state index contributed by atoms with van der Waals surface area (Å²) < 4.78 is 15.7. The Bertz CT molecular complexity index is 858. The van der Waals surface area contributed by atoms with Crippen molar-refractivity contribution in [2.75, 3.05) is 19.5 Å². The lowest BCUT2D eigenvalue weighted by Crippen LogP contribution is -2.28. The van der Waals surface area contributed by atoms with Crippen molar-refractivity contribution in [2.24, 2.45) is 0 Å². The summed E-state index contributed by atoms with van der Waals surface area (Å²) in [6.45, 7) is 0.191. The predicted octanol–water partition coefficient (Wildman–Crippen LogP) is 3.08. The number of carbonyl (C=O) groups excluding carboxylic acids is 1. The molecule has 26 heavy (non-hydrogen) atoms. The van der Waals surface area contributed by atoms with Crippen LogP contribution >= 0.6 is 0 Å². The summed E-state index contributed by atoms with van der Waals surface area (Å²) in [6.07, 6.45) is 4.70. The highest BCUT2D eigenvalue weighted by atomic mass is 16.5. The van der Waals surface area contributed by atoms with Gasteiger partial charge in [-0.05, 0) is 12.1 Å². The Hall–Kier alpha value is -3.55. The van der Waals surface area contributed by atoms with E-state index < -0.39 is 6.03 Å². The van der Waals surface area contributed by atoms with Crippen LogP contribution in [-0.4, -0.2) is 30.2 Å². The maximum atomic E-state index is 12.2. The zero-order valence-corrected chi connectivity index (χ0v) is 14.4. The van der Waals surface area contributed by atoms with E-state index in [1.807, 2.05) is 0 Å². The van der Waals surface area contributed by atoms with Gasteiger partial charge in [0.05, 0.1) is 32.7 Å². The number of urea groups is 1. The van der Waals surface area contributed by atoms with Crippen LogP contribution in [0.4, 0.5) is 10.5 Å². The van der Waals surface area contributed by atoms with E-state index in [4.69, 9.17) is 13.9 Å². The minimum absolute atomic E-state index is 0.191. The minimum Gasteiger partial charge on any atom is -0.497 e. The Balaban J connectivity index is 1.67. The molecule has 0 saturated heterocycles. The molecule has 0 saturated carbocycles. The third kappa shape index (κ3) is 4.10. The van der Waals surface area contributed by atoms with Crippen molar-refractivity contribution in [3.05, 3.63) is 54.7 Å². The number of nitrogens with one attached hydrogen (secondary N) is 2. The molecule has 0 aliphatic carbocycles. The minimum atomic E-state index is -0.392. The van der Waals surface area contributed by atoms with Crippen LogP contribution in [0.5, 0.6) is 11.5 Å². The number of ether oxygens (including phenoxy) is 2. The molecular weight excluding hydrogens is 336 g/mol. The van der Waals surface area contributed by atoms with Gasteiger partial charge < -0.3 is 24.5 Å². The second-order valence-corrected chi connectivity index (χ2v) is 5.24. The fourth-order valence-corrected chi connectivity index (χ4v) is 2.33. The highest BCUT2D eigenvalue weighted by Gasteiger charge is 2.12. The van der Waals surface area contributed by atoms with Crippen molar-refractivity contribution >= 4 is 11.7 Å². The van der Waals surface area contributed by atoms with Gasteiger partial charge in [0.2, 0.25) is 0 Å². The van der Waals surface area contributed by atoms with Crippen LogP contribution in [0.3, 0.4) is 0 Å². The standard InChI is InChI=1S/C18H18N4O4/c1-24-13-8-12(9-14(10-13)25-2)22-18(23)21-11-15-17(20-6-5-19-15)16-4-3-7-26-16/h3-10H,11H2,1-2H3,(H2,21,22,23). The molecular formula is C18H18N4O4. The first kappa shape index (κ1) is 17.3. The molecule has 0 aliphatic heterocycles. The van der Waals surface area contributed by atoms with Gasteiger partial charge in [-0.3, -0.25) is 4.98 Å². The number of benzene rings is 1. The number of anilines is 1. The summed E-state index contributed by atoms with van der Waals surface area (Å²) in [5, 5.41) is 5.48. The normalized spacial score (nSPS) is 10.2. The van der Waals surface area contributed by atoms with E-state index in [1.54, 1.807) is 63.2 Å². The van der Waals surface area contributed by atoms with Gasteiger partial charge in [0.1, 0.15) is 17.2 Å². The molecule has 0 atom stereocenters. The Labute approximate surface area is 150 Å². The summed E-state index contributed by atoms with van der Waals surface area (Å²) >= 11 is 0. The van der Waals surface area contributed by atoms with Crippen LogP contribution < -0.4 is 20.1 Å². The van der Waals surface area contributed by atoms with Gasteiger partial charge in [-0.25, -0.2) is 9.78 Å². The monoisotopic (exact) mass is 354 g/mol. The third-order valence-corrected chi connectivity index (χ3v) is 3.55. The summed E-state index contributed by atoms with van der Waals surface area (Å²) in [5.41, 5.74) is 1.73. The van der Waals surface area contributed by atoms with E-state index in [2.05, 4.69) is 20.6 Å². The maximum Gasteiger partial charge on any atom is 0.319 e. The molecule has 2 amide bonds. The second kappa shape index (κ2) is 8.02. The molecule has 0 spiro atoms. The van der Waals surface area contributed by atoms with E-state index in [0.717, 1.165) is 0 Å². The van der Waals surface area contributed by atoms with Crippen LogP contribution in [0.25, 0.3) is 11.5 Å². The van der Waals surface area contributed by atoms with Crippen molar-refractivity contribution < 1.29 is 18.7 Å². The molecule has 8 heteroatoms. The number of methoxy groups -OCH3 is 2. The Morgan fingerprint density at radius 1 is 1.12 bits per heavy atom. The molecule has 2 aromatic heterocycles. The number of rotatable bonds is 6. The lowest BCUT2D eigenvalue weighted by Gasteiger charge is -2.11. The van der Waals surface area contributed by atoms with Gasteiger partial charge in [0, 0.05) is 36.3 Å². The van der Waals surface area contributed by atoms with Gasteiger partial charge in [0.15, 0.2) is 5.76 Å². The van der Waals surface area contributed by atoms with Crippen LogP contribution in [0, 0.1) is 0 Å². The molecule has 3 rings (SSSR count). The zero-order chi connectivity index (χ0) is 18.4. The number of amides is 2. The molecule has 0 aliphatic rings. The number of furan rings is 1. The number of hydrogen-bond acceptors (Lipinski definition) is 6. The highest BCUT2D eigenvalue weighted by Crippen LogP contribution is 2.25. The first-order chi connectivity index (χ1) is 12.7. The van der Waals surface area contributed by atoms with E-state index >= 15 is 0 Å². The molecule has 0 bridgehead atoms. The average Bonchev–Trinajstić information content (AvgIpc) is 3.20. The van der Waals surface area contributed by atoms with Gasteiger partial charge in [-0.15, -0.1) is 0 Å². The number of nitrogens with zero attached hydrogens (tertiary/aromatic N) is 2. The Kier molecular flexibility index (Phi) is 5.33. The largest absolute Gasteiger partial charge is 0.497 e. The van der Waals surface area contributed by atoms with Crippen LogP contribution in [0.15, 0.2) is 53.4 Å². The number of hydrogen-bond donors (Lipinski definition) is 2. The summed E-state index contributed by atoms with van der Waals surface area (Å²) in [7, 11) is 3.09. The molecule has 0 fully saturated rings. The topological polar surface area (TPSA) is 98.5 Å². The first-order valence-corrected chi connectivity index (χ1v) is 7.81. The van der Waals surface area contributed by atoms with Crippen molar-refractivity contribution in [3.8, 4) is 23.0 Å². The fraction of sp³-hybridized carbons (Fsp3) is 0.167. The van der Waals surface area contributed by atoms with Crippen molar-refractivity contribution in [1.82, 2.24) is 15.3 Å². The molecule has 134 valence electrons. The van der Waals surface area contributed by atoms with E-state index in [1.165, 1.54) is 0 Å². The highest BCUT2D eigenvalue weighted by molar-refractivity contribution is 5.89. The van der Waals surface area contributed by atoms with E-state index in [-0.39, 0.29) is 6.54 Å². The van der Waals surface area contributed by atoms with Gasteiger partial charge in [-0.2, -0.15) is 0 Å². The van der Waals surface area contributed by atoms with Gasteiger partial charge in [-0.1, -0.05) is 0 Å². The molecule has 0 radical (unpaired) electrons. The van der Waals surface area contributed by atoms with Crippen molar-refractivity contribution in [3.63, 3.8) is 0 Å². The lowest BCUT2D eigenvalue weighted by atomic mass is 10.2. The van der Waals surface area contributed by atoms with Crippen LogP contribution in [0.2, 0.25) is 0 Å². The SMILES string of the molecule is COc1cc(NC(=O)NCc2nccnc2-c2ccco2)cc(OC)c1. The molecule has 1 aromatic carbocycles. The quantitative estimate of drug-likeness (QED) is 0.706. The van der Waals surface area contributed by atoms with Crippen molar-refractivity contribution in [1.29, 1.82) is 0 Å². The summed E-state index contributed by atoms with van der Waals surface area (Å²) in [6, 6.07) is 8.27. The number of aromatic nitrogens is 2. The molecule has 2 N–H and O–H groups in total. The first-order valence-electron chi connectivity index (χ1n) is 7.81. The molecule has 0 unspecified atom stereocenters. The fourth-order valence-electron chi connectivity index (χ4n) is 2.33. The molecule has 3 aromatic rings. The predicted molar refractivity (Wildman–Crippen MR) is 95.1 cm³/mol. The van der Waals surface area contributed by atoms with Gasteiger partial charge in [0.25, 0.3) is 0 Å². The molecule has 2 heterocycles. The molecule has 8 nitrogen and oxygen atoms in total. The van der Waals surface area contributed by atoms with Crippen LogP contribution in [-0.2, 0) is 6.54 Å². The maximum absolute atomic E-state index is 12.2. The zero-order valence-electron chi connectivity index (χ0n) is 14.4. The lowest BCUT2D eigenvalue weighted by molar-refractivity contribution is 0.251. The van der Waals surface area contributed by atoms with Crippen LogP contribution in [0.1, 0.15) is 5.69 Å². The van der Waals surface area contributed by atoms with E-state index in [0.29, 0.717) is 34.3 Å². The Morgan fingerprint density at radius 2 is 1.85 bits per heavy atom. The average molecular weight is 354 g/mol. The second-order valence-electron chi connectivity index (χ2n) is 5.24. The summed E-state index contributed by atoms with van der Waals surface area (Å²) in [4.78, 5) is 20.7. The Morgan fingerprint density at radius 3 is 2.50 bits per heavy atom. The van der Waals surface area contributed by atoms with Crippen molar-refractivity contribution in [2.45, 2.75) is 6.54 Å².